The maximum absolute atomic E-state index is 12.4. The van der Waals surface area contributed by atoms with Crippen LogP contribution in [-0.4, -0.2) is 81.1 Å². The van der Waals surface area contributed by atoms with E-state index in [9.17, 15) is 8.42 Å². The summed E-state index contributed by atoms with van der Waals surface area (Å²) >= 11 is 0. The van der Waals surface area contributed by atoms with Gasteiger partial charge in [0.15, 0.2) is 0 Å². The first-order valence-corrected chi connectivity index (χ1v) is 7.86. The van der Waals surface area contributed by atoms with E-state index in [-0.39, 0.29) is 5.25 Å². The van der Waals surface area contributed by atoms with Crippen molar-refractivity contribution in [2.45, 2.75) is 18.1 Å². The highest BCUT2D eigenvalue weighted by atomic mass is 32.2. The number of nitrogens with zero attached hydrogens (tertiary/aromatic N) is 3. The van der Waals surface area contributed by atoms with Crippen LogP contribution in [0, 0.1) is 0 Å². The summed E-state index contributed by atoms with van der Waals surface area (Å²) in [7, 11) is 1.04. The number of hydrogen-bond donors (Lipinski definition) is 0. The van der Waals surface area contributed by atoms with Crippen molar-refractivity contribution in [3.05, 3.63) is 0 Å². The molecule has 0 spiro atoms. The van der Waals surface area contributed by atoms with Gasteiger partial charge in [0.1, 0.15) is 0 Å². The molecule has 2 fully saturated rings. The van der Waals surface area contributed by atoms with Gasteiger partial charge in [0, 0.05) is 26.2 Å². The fourth-order valence-corrected chi connectivity index (χ4v) is 4.44. The maximum Gasteiger partial charge on any atom is 0.217 e. The van der Waals surface area contributed by atoms with Gasteiger partial charge in [0.05, 0.1) is 5.25 Å². The van der Waals surface area contributed by atoms with Gasteiger partial charge in [0.25, 0.3) is 0 Å². The highest BCUT2D eigenvalue weighted by Crippen LogP contribution is 2.21. The Morgan fingerprint density at radius 2 is 1.29 bits per heavy atom. The molecule has 0 saturated carbocycles. The van der Waals surface area contributed by atoms with E-state index in [4.69, 9.17) is 0 Å². The van der Waals surface area contributed by atoms with Crippen molar-refractivity contribution in [3.63, 3.8) is 0 Å². The Morgan fingerprint density at radius 3 is 1.82 bits per heavy atom. The largest absolute Gasteiger partial charge is 0.306 e. The van der Waals surface area contributed by atoms with Crippen molar-refractivity contribution in [2.75, 3.05) is 53.4 Å². The SMILES string of the molecule is CN1CCC(S(=O)(=O)N2CCN(C)CC2)CC1. The van der Waals surface area contributed by atoms with E-state index in [1.165, 1.54) is 0 Å². The average Bonchev–Trinajstić information content (AvgIpc) is 2.30. The summed E-state index contributed by atoms with van der Waals surface area (Å²) in [6, 6.07) is 0. The number of likely N-dealkylation sites (N-methyl/N-ethyl adjacent to an activating group) is 1. The summed E-state index contributed by atoms with van der Waals surface area (Å²) in [4.78, 5) is 4.39. The topological polar surface area (TPSA) is 43.9 Å². The van der Waals surface area contributed by atoms with E-state index in [2.05, 4.69) is 16.8 Å². The smallest absolute Gasteiger partial charge is 0.217 e. The molecule has 2 aliphatic rings. The molecular weight excluding hydrogens is 238 g/mol. The van der Waals surface area contributed by atoms with Crippen LogP contribution in [0.25, 0.3) is 0 Å². The van der Waals surface area contributed by atoms with Gasteiger partial charge in [-0.1, -0.05) is 0 Å². The summed E-state index contributed by atoms with van der Waals surface area (Å²) < 4.78 is 26.6. The summed E-state index contributed by atoms with van der Waals surface area (Å²) in [6.07, 6.45) is 1.57. The molecule has 6 heteroatoms. The van der Waals surface area contributed by atoms with E-state index in [1.807, 2.05) is 7.05 Å². The molecule has 2 heterocycles. The quantitative estimate of drug-likeness (QED) is 0.682. The lowest BCUT2D eigenvalue weighted by Crippen LogP contribution is -2.51. The summed E-state index contributed by atoms with van der Waals surface area (Å²) in [5, 5.41) is -0.151. The van der Waals surface area contributed by atoms with Gasteiger partial charge in [-0.25, -0.2) is 8.42 Å². The molecule has 0 aliphatic carbocycles. The average molecular weight is 261 g/mol. The molecule has 0 aromatic heterocycles. The molecule has 0 radical (unpaired) electrons. The Balaban J connectivity index is 1.98. The van der Waals surface area contributed by atoms with Gasteiger partial charge in [-0.05, 0) is 40.0 Å². The van der Waals surface area contributed by atoms with E-state index in [1.54, 1.807) is 4.31 Å². The van der Waals surface area contributed by atoms with Crippen LogP contribution in [-0.2, 0) is 10.0 Å². The molecule has 5 nitrogen and oxygen atoms in total. The molecule has 2 saturated heterocycles. The van der Waals surface area contributed by atoms with Gasteiger partial charge >= 0.3 is 0 Å². The van der Waals surface area contributed by atoms with Crippen molar-refractivity contribution >= 4 is 10.0 Å². The molecular formula is C11H23N3O2S. The Hall–Kier alpha value is -0.170. The molecule has 2 rings (SSSR count). The standard InChI is InChI=1S/C11H23N3O2S/c1-12-5-3-11(4-6-12)17(15,16)14-9-7-13(2)8-10-14/h11H,3-10H2,1-2H3. The van der Waals surface area contributed by atoms with Gasteiger partial charge in [-0.2, -0.15) is 4.31 Å². The molecule has 2 aliphatic heterocycles. The van der Waals surface area contributed by atoms with Crippen molar-refractivity contribution in [1.29, 1.82) is 0 Å². The second-order valence-electron chi connectivity index (χ2n) is 5.25. The van der Waals surface area contributed by atoms with Gasteiger partial charge in [-0.15, -0.1) is 0 Å². The molecule has 0 amide bonds. The number of piperazine rings is 1. The lowest BCUT2D eigenvalue weighted by molar-refractivity contribution is 0.216. The van der Waals surface area contributed by atoms with Crippen molar-refractivity contribution in [3.8, 4) is 0 Å². The fraction of sp³-hybridized carbons (Fsp3) is 1.00. The first-order chi connectivity index (χ1) is 8.00. The van der Waals surface area contributed by atoms with Crippen LogP contribution < -0.4 is 0 Å². The molecule has 0 bridgehead atoms. The summed E-state index contributed by atoms with van der Waals surface area (Å²) in [6.45, 7) is 4.82. The highest BCUT2D eigenvalue weighted by Gasteiger charge is 2.35. The van der Waals surface area contributed by atoms with Crippen molar-refractivity contribution in [2.24, 2.45) is 0 Å². The third-order valence-electron chi connectivity index (χ3n) is 3.91. The van der Waals surface area contributed by atoms with Crippen LogP contribution in [0.4, 0.5) is 0 Å². The number of sulfonamides is 1. The van der Waals surface area contributed by atoms with Gasteiger partial charge in [-0.3, -0.25) is 0 Å². The monoisotopic (exact) mass is 261 g/mol. The minimum atomic E-state index is -3.05. The molecule has 0 aromatic carbocycles. The second kappa shape index (κ2) is 5.22. The normalized spacial score (nSPS) is 27.4. The van der Waals surface area contributed by atoms with Crippen LogP contribution in [0.1, 0.15) is 12.8 Å². The van der Waals surface area contributed by atoms with E-state index < -0.39 is 10.0 Å². The Morgan fingerprint density at radius 1 is 0.824 bits per heavy atom. The van der Waals surface area contributed by atoms with Crippen molar-refractivity contribution in [1.82, 2.24) is 14.1 Å². The zero-order valence-electron chi connectivity index (χ0n) is 10.8. The van der Waals surface area contributed by atoms with E-state index >= 15 is 0 Å². The number of piperidine rings is 1. The second-order valence-corrected chi connectivity index (χ2v) is 7.46. The van der Waals surface area contributed by atoms with Gasteiger partial charge < -0.3 is 9.80 Å². The lowest BCUT2D eigenvalue weighted by atomic mass is 10.1. The molecule has 17 heavy (non-hydrogen) atoms. The summed E-state index contributed by atoms with van der Waals surface area (Å²) in [5.74, 6) is 0. The zero-order chi connectivity index (χ0) is 12.5. The van der Waals surface area contributed by atoms with Crippen LogP contribution in [0.15, 0.2) is 0 Å². The molecule has 0 N–H and O–H groups in total. The Labute approximate surface area is 104 Å². The van der Waals surface area contributed by atoms with E-state index in [0.29, 0.717) is 13.1 Å². The molecule has 100 valence electrons. The number of rotatable bonds is 2. The van der Waals surface area contributed by atoms with Crippen LogP contribution in [0.2, 0.25) is 0 Å². The molecule has 0 aromatic rings. The number of hydrogen-bond acceptors (Lipinski definition) is 4. The minimum absolute atomic E-state index is 0.151. The highest BCUT2D eigenvalue weighted by molar-refractivity contribution is 7.89. The zero-order valence-corrected chi connectivity index (χ0v) is 11.6. The first kappa shape index (κ1) is 13.3. The van der Waals surface area contributed by atoms with Crippen LogP contribution in [0.3, 0.4) is 0 Å². The minimum Gasteiger partial charge on any atom is -0.306 e. The number of likely N-dealkylation sites (tertiary alicyclic amines) is 1. The fourth-order valence-electron chi connectivity index (χ4n) is 2.54. The maximum atomic E-state index is 12.4. The third-order valence-corrected chi connectivity index (χ3v) is 6.31. The van der Waals surface area contributed by atoms with E-state index in [0.717, 1.165) is 39.0 Å². The van der Waals surface area contributed by atoms with Gasteiger partial charge in [0.2, 0.25) is 10.0 Å². The van der Waals surface area contributed by atoms with Crippen molar-refractivity contribution < 1.29 is 8.42 Å². The predicted octanol–water partition coefficient (Wildman–Crippen LogP) is -0.342. The Kier molecular flexibility index (Phi) is 4.07. The lowest BCUT2D eigenvalue weighted by Gasteiger charge is -2.36. The summed E-state index contributed by atoms with van der Waals surface area (Å²) in [5.41, 5.74) is 0. The Bertz CT molecular complexity index is 314. The third kappa shape index (κ3) is 2.99. The predicted molar refractivity (Wildman–Crippen MR) is 68.5 cm³/mol. The van der Waals surface area contributed by atoms with Crippen LogP contribution >= 0.6 is 0 Å². The van der Waals surface area contributed by atoms with Crippen LogP contribution in [0.5, 0.6) is 0 Å². The molecule has 0 unspecified atom stereocenters. The first-order valence-electron chi connectivity index (χ1n) is 6.36. The molecule has 0 atom stereocenters.